The molecular weight excluding hydrogens is 286 g/mol. The van der Waals surface area contributed by atoms with Gasteiger partial charge in [0.2, 0.25) is 0 Å². The Bertz CT molecular complexity index is 358. The average molecular weight is 308 g/mol. The maximum Gasteiger partial charge on any atom is 0.326 e. The Balaban J connectivity index is 2.60. The van der Waals surface area contributed by atoms with Gasteiger partial charge in [0.1, 0.15) is 6.04 Å². The van der Waals surface area contributed by atoms with Crippen molar-refractivity contribution in [1.82, 2.24) is 10.2 Å². The summed E-state index contributed by atoms with van der Waals surface area (Å²) >= 11 is 0. The number of urea groups is 1. The fourth-order valence-corrected chi connectivity index (χ4v) is 2.16. The second-order valence-electron chi connectivity index (χ2n) is 5.10. The first-order valence-corrected chi connectivity index (χ1v) is 7.09. The topological polar surface area (TPSA) is 78.9 Å². The zero-order chi connectivity index (χ0) is 15.9. The van der Waals surface area contributed by atoms with Gasteiger partial charge in [0, 0.05) is 32.5 Å². The maximum atomic E-state index is 13.5. The Kier molecular flexibility index (Phi) is 6.80. The second-order valence-corrected chi connectivity index (χ2v) is 5.10. The summed E-state index contributed by atoms with van der Waals surface area (Å²) in [6, 6.07) is -2.23. The van der Waals surface area contributed by atoms with Crippen LogP contribution in [0.25, 0.3) is 0 Å². The molecule has 6 nitrogen and oxygen atoms in total. The smallest absolute Gasteiger partial charge is 0.326 e. The summed E-state index contributed by atoms with van der Waals surface area (Å²) in [5.74, 6) is -4.56. The Hall–Kier alpha value is -1.44. The van der Waals surface area contributed by atoms with Gasteiger partial charge in [0.15, 0.2) is 0 Å². The van der Waals surface area contributed by atoms with Crippen LogP contribution in [-0.2, 0) is 9.53 Å². The number of carboxylic acids is 1. The van der Waals surface area contributed by atoms with Gasteiger partial charge in [-0.2, -0.15) is 0 Å². The first-order valence-electron chi connectivity index (χ1n) is 7.09. The van der Waals surface area contributed by atoms with Gasteiger partial charge in [-0.1, -0.05) is 13.3 Å². The molecule has 8 heteroatoms. The third-order valence-corrected chi connectivity index (χ3v) is 3.22. The summed E-state index contributed by atoms with van der Waals surface area (Å²) in [5, 5.41) is 11.2. The highest BCUT2D eigenvalue weighted by Crippen LogP contribution is 2.26. The van der Waals surface area contributed by atoms with Gasteiger partial charge < -0.3 is 20.1 Å². The van der Waals surface area contributed by atoms with Crippen molar-refractivity contribution in [3.05, 3.63) is 0 Å². The highest BCUT2D eigenvalue weighted by molar-refractivity contribution is 5.82. The third-order valence-electron chi connectivity index (χ3n) is 3.22. The van der Waals surface area contributed by atoms with Crippen molar-refractivity contribution in [1.29, 1.82) is 0 Å². The van der Waals surface area contributed by atoms with Gasteiger partial charge in [-0.05, 0) is 6.42 Å². The minimum absolute atomic E-state index is 0.247. The summed E-state index contributed by atoms with van der Waals surface area (Å²) in [5.41, 5.74) is 0. The van der Waals surface area contributed by atoms with Gasteiger partial charge in [-0.25, -0.2) is 18.4 Å². The average Bonchev–Trinajstić information content (AvgIpc) is 2.66. The lowest BCUT2D eigenvalue weighted by atomic mass is 10.0. The predicted octanol–water partition coefficient (Wildman–Crippen LogP) is 1.70. The predicted molar refractivity (Wildman–Crippen MR) is 71.4 cm³/mol. The molecule has 0 unspecified atom stereocenters. The number of aliphatic carboxylic acids is 1. The highest BCUT2D eigenvalue weighted by atomic mass is 19.3. The first kappa shape index (κ1) is 17.6. The van der Waals surface area contributed by atoms with Crippen LogP contribution in [0.2, 0.25) is 0 Å². The van der Waals surface area contributed by atoms with Crippen molar-refractivity contribution in [2.24, 2.45) is 0 Å². The molecule has 2 N–H and O–H groups in total. The molecule has 21 heavy (non-hydrogen) atoms. The van der Waals surface area contributed by atoms with E-state index in [2.05, 4.69) is 5.32 Å². The molecule has 1 atom stereocenters. The molecule has 1 heterocycles. The van der Waals surface area contributed by atoms with Crippen molar-refractivity contribution in [3.63, 3.8) is 0 Å². The number of nitrogens with zero attached hydrogens (tertiary/aromatic N) is 1. The Morgan fingerprint density at radius 2 is 2.10 bits per heavy atom. The monoisotopic (exact) mass is 308 g/mol. The quantitative estimate of drug-likeness (QED) is 0.783. The lowest BCUT2D eigenvalue weighted by Crippen LogP contribution is -2.50. The van der Waals surface area contributed by atoms with E-state index < -0.39 is 36.8 Å². The van der Waals surface area contributed by atoms with Crippen molar-refractivity contribution < 1.29 is 28.2 Å². The van der Waals surface area contributed by atoms with Crippen LogP contribution in [-0.4, -0.2) is 60.3 Å². The SMILES string of the molecule is CCCC(F)(F)C[C@H](NC(=O)N1CCCOCC1)C(=O)O. The molecule has 0 aliphatic carbocycles. The number of hydrogen-bond donors (Lipinski definition) is 2. The van der Waals surface area contributed by atoms with E-state index in [4.69, 9.17) is 9.84 Å². The van der Waals surface area contributed by atoms with Crippen molar-refractivity contribution in [3.8, 4) is 0 Å². The lowest BCUT2D eigenvalue weighted by Gasteiger charge is -2.25. The molecule has 0 aromatic heterocycles. The van der Waals surface area contributed by atoms with Crippen LogP contribution in [0.5, 0.6) is 0 Å². The number of alkyl halides is 2. The van der Waals surface area contributed by atoms with E-state index in [-0.39, 0.29) is 6.42 Å². The van der Waals surface area contributed by atoms with Crippen LogP contribution in [0, 0.1) is 0 Å². The number of carboxylic acid groups (broad SMARTS) is 1. The van der Waals surface area contributed by atoms with Gasteiger partial charge in [0.05, 0.1) is 6.61 Å². The number of ether oxygens (including phenoxy) is 1. The summed E-state index contributed by atoms with van der Waals surface area (Å²) in [7, 11) is 0. The van der Waals surface area contributed by atoms with Crippen LogP contribution in [0.15, 0.2) is 0 Å². The molecule has 0 bridgehead atoms. The number of carbonyl (C=O) groups excluding carboxylic acids is 1. The summed E-state index contributed by atoms with van der Waals surface area (Å²) in [6.07, 6.45) is -0.412. The molecule has 1 rings (SSSR count). The van der Waals surface area contributed by atoms with Crippen molar-refractivity contribution >= 4 is 12.0 Å². The highest BCUT2D eigenvalue weighted by Gasteiger charge is 2.36. The van der Waals surface area contributed by atoms with Gasteiger partial charge in [0.25, 0.3) is 5.92 Å². The minimum atomic E-state index is -3.10. The summed E-state index contributed by atoms with van der Waals surface area (Å²) < 4.78 is 32.3. The van der Waals surface area contributed by atoms with E-state index in [0.29, 0.717) is 32.7 Å². The normalized spacial score (nSPS) is 18.0. The van der Waals surface area contributed by atoms with E-state index in [1.54, 1.807) is 6.92 Å². The molecule has 1 aliphatic rings. The summed E-state index contributed by atoms with van der Waals surface area (Å²) in [4.78, 5) is 24.4. The Morgan fingerprint density at radius 3 is 2.71 bits per heavy atom. The molecule has 0 saturated carbocycles. The molecule has 0 radical (unpaired) electrons. The van der Waals surface area contributed by atoms with Crippen LogP contribution in [0.3, 0.4) is 0 Å². The van der Waals surface area contributed by atoms with E-state index in [9.17, 15) is 18.4 Å². The minimum Gasteiger partial charge on any atom is -0.480 e. The molecule has 2 amide bonds. The van der Waals surface area contributed by atoms with Crippen LogP contribution < -0.4 is 5.32 Å². The lowest BCUT2D eigenvalue weighted by molar-refractivity contribution is -0.142. The first-order chi connectivity index (χ1) is 9.85. The molecule has 1 aliphatic heterocycles. The Morgan fingerprint density at radius 1 is 1.38 bits per heavy atom. The molecule has 0 spiro atoms. The fourth-order valence-electron chi connectivity index (χ4n) is 2.16. The van der Waals surface area contributed by atoms with E-state index in [1.165, 1.54) is 4.90 Å². The molecule has 0 aromatic carbocycles. The zero-order valence-electron chi connectivity index (χ0n) is 12.1. The maximum absolute atomic E-state index is 13.5. The van der Waals surface area contributed by atoms with Crippen molar-refractivity contribution in [2.75, 3.05) is 26.3 Å². The number of halogens is 2. The largest absolute Gasteiger partial charge is 0.480 e. The van der Waals surface area contributed by atoms with Gasteiger partial charge in [-0.3, -0.25) is 0 Å². The molecule has 0 aromatic rings. The molecule has 1 fully saturated rings. The number of rotatable bonds is 6. The standard InChI is InChI=1S/C13H22F2N2O4/c1-2-4-13(14,15)9-10(11(18)19)16-12(20)17-5-3-7-21-8-6-17/h10H,2-9H2,1H3,(H,16,20)(H,18,19)/t10-/m0/s1. The van der Waals surface area contributed by atoms with Crippen LogP contribution >= 0.6 is 0 Å². The second kappa shape index (κ2) is 8.11. The molecule has 122 valence electrons. The number of hydrogen-bond acceptors (Lipinski definition) is 3. The number of carbonyl (C=O) groups is 2. The van der Waals surface area contributed by atoms with Gasteiger partial charge in [-0.15, -0.1) is 0 Å². The van der Waals surface area contributed by atoms with Crippen LogP contribution in [0.4, 0.5) is 13.6 Å². The van der Waals surface area contributed by atoms with E-state index in [0.717, 1.165) is 0 Å². The van der Waals surface area contributed by atoms with E-state index in [1.807, 2.05) is 0 Å². The van der Waals surface area contributed by atoms with Crippen molar-refractivity contribution in [2.45, 2.75) is 44.6 Å². The van der Waals surface area contributed by atoms with E-state index >= 15 is 0 Å². The third kappa shape index (κ3) is 6.24. The summed E-state index contributed by atoms with van der Waals surface area (Å²) in [6.45, 7) is 3.23. The number of nitrogens with one attached hydrogen (secondary N) is 1. The van der Waals surface area contributed by atoms with Gasteiger partial charge >= 0.3 is 12.0 Å². The zero-order valence-corrected chi connectivity index (χ0v) is 12.1. The fraction of sp³-hybridized carbons (Fsp3) is 0.846. The number of amides is 2. The Labute approximate surface area is 122 Å². The molecular formula is C13H22F2N2O4. The van der Waals surface area contributed by atoms with Crippen LogP contribution in [0.1, 0.15) is 32.6 Å². The molecule has 1 saturated heterocycles.